The molecule has 0 saturated carbocycles. The third kappa shape index (κ3) is 2.56. The van der Waals surface area contributed by atoms with E-state index in [4.69, 9.17) is 11.6 Å². The Kier molecular flexibility index (Phi) is 4.27. The molecule has 0 bridgehead atoms. The Bertz CT molecular complexity index is 964. The minimum atomic E-state index is -3.80. The zero-order chi connectivity index (χ0) is 17.6. The molecular formula is C14H18ClN5O3S. The third-order valence-electron chi connectivity index (χ3n) is 4.20. The van der Waals surface area contributed by atoms with Crippen molar-refractivity contribution in [2.24, 2.45) is 7.05 Å². The van der Waals surface area contributed by atoms with Crippen LogP contribution >= 0.6 is 11.6 Å². The number of hydrogen-bond donors (Lipinski definition) is 0. The molecule has 1 aliphatic rings. The molecule has 0 aromatic carbocycles. The molecular weight excluding hydrogens is 354 g/mol. The molecule has 130 valence electrons. The van der Waals surface area contributed by atoms with Crippen LogP contribution in [-0.2, 0) is 36.6 Å². The summed E-state index contributed by atoms with van der Waals surface area (Å²) in [6.07, 6.45) is 1.79. The number of hydrogen-bond acceptors (Lipinski definition) is 5. The summed E-state index contributed by atoms with van der Waals surface area (Å²) in [7, 11) is -2.21. The van der Waals surface area contributed by atoms with Gasteiger partial charge in [0.15, 0.2) is 0 Å². The van der Waals surface area contributed by atoms with Crippen LogP contribution < -0.4 is 5.56 Å². The van der Waals surface area contributed by atoms with Crippen LogP contribution in [0.4, 0.5) is 0 Å². The number of aromatic nitrogens is 4. The smallest absolute Gasteiger partial charge is 0.256 e. The first-order valence-corrected chi connectivity index (χ1v) is 9.35. The largest absolute Gasteiger partial charge is 0.299 e. The number of aryl methyl sites for hydroxylation is 3. The van der Waals surface area contributed by atoms with Gasteiger partial charge in [-0.1, -0.05) is 11.6 Å². The Hall–Kier alpha value is -1.71. The summed E-state index contributed by atoms with van der Waals surface area (Å²) in [6.45, 7) is 4.27. The molecule has 0 atom stereocenters. The van der Waals surface area contributed by atoms with E-state index in [9.17, 15) is 13.2 Å². The molecule has 0 unspecified atom stereocenters. The van der Waals surface area contributed by atoms with E-state index in [0.29, 0.717) is 29.9 Å². The average molecular weight is 372 g/mol. The monoisotopic (exact) mass is 371 g/mol. The van der Waals surface area contributed by atoms with Gasteiger partial charge in [-0.2, -0.15) is 9.40 Å². The standard InChI is InChI=1S/C14H18ClN5O3S/c1-4-19-8-16-11-7-20(6-5-10(11)14(19)21)24(22,23)12-9(2)17-18(3)13(12)15/h8H,4-7H2,1-3H3. The van der Waals surface area contributed by atoms with Gasteiger partial charge in [0, 0.05) is 25.7 Å². The van der Waals surface area contributed by atoms with Crippen LogP contribution in [0.25, 0.3) is 0 Å². The molecule has 0 radical (unpaired) electrons. The molecule has 2 aromatic heterocycles. The quantitative estimate of drug-likeness (QED) is 0.792. The maximum absolute atomic E-state index is 12.9. The maximum atomic E-state index is 12.9. The van der Waals surface area contributed by atoms with Crippen molar-refractivity contribution in [3.63, 3.8) is 0 Å². The first-order valence-electron chi connectivity index (χ1n) is 7.53. The van der Waals surface area contributed by atoms with Crippen molar-refractivity contribution in [1.82, 2.24) is 23.6 Å². The number of halogens is 1. The van der Waals surface area contributed by atoms with E-state index < -0.39 is 10.0 Å². The van der Waals surface area contributed by atoms with Gasteiger partial charge in [0.05, 0.1) is 24.3 Å². The normalized spacial score (nSPS) is 15.5. The molecule has 0 saturated heterocycles. The van der Waals surface area contributed by atoms with Crippen molar-refractivity contribution < 1.29 is 8.42 Å². The lowest BCUT2D eigenvalue weighted by molar-refractivity contribution is 0.381. The summed E-state index contributed by atoms with van der Waals surface area (Å²) in [5.41, 5.74) is 1.33. The first-order chi connectivity index (χ1) is 11.3. The lowest BCUT2D eigenvalue weighted by Gasteiger charge is -2.27. The highest BCUT2D eigenvalue weighted by molar-refractivity contribution is 7.89. The fraction of sp³-hybridized carbons (Fsp3) is 0.500. The Balaban J connectivity index is 2.01. The molecule has 8 nitrogen and oxygen atoms in total. The van der Waals surface area contributed by atoms with Gasteiger partial charge in [0.2, 0.25) is 10.0 Å². The van der Waals surface area contributed by atoms with Crippen molar-refractivity contribution in [2.45, 2.75) is 38.3 Å². The molecule has 10 heteroatoms. The fourth-order valence-corrected chi connectivity index (χ4v) is 5.01. The van der Waals surface area contributed by atoms with Gasteiger partial charge in [-0.25, -0.2) is 13.4 Å². The molecule has 0 amide bonds. The van der Waals surface area contributed by atoms with Gasteiger partial charge < -0.3 is 0 Å². The van der Waals surface area contributed by atoms with Crippen molar-refractivity contribution in [2.75, 3.05) is 6.54 Å². The summed E-state index contributed by atoms with van der Waals surface area (Å²) in [4.78, 5) is 16.6. The summed E-state index contributed by atoms with van der Waals surface area (Å²) < 4.78 is 30.0. The Morgan fingerprint density at radius 2 is 2.08 bits per heavy atom. The molecule has 3 heterocycles. The third-order valence-corrected chi connectivity index (χ3v) is 6.74. The van der Waals surface area contributed by atoms with E-state index in [1.165, 1.54) is 19.9 Å². The van der Waals surface area contributed by atoms with Gasteiger partial charge in [-0.3, -0.25) is 14.0 Å². The minimum absolute atomic E-state index is 0.0111. The zero-order valence-corrected chi connectivity index (χ0v) is 15.2. The summed E-state index contributed by atoms with van der Waals surface area (Å²) >= 11 is 6.11. The summed E-state index contributed by atoms with van der Waals surface area (Å²) in [5, 5.41) is 4.14. The van der Waals surface area contributed by atoms with Crippen molar-refractivity contribution in [3.05, 3.63) is 38.8 Å². The second-order valence-electron chi connectivity index (χ2n) is 5.68. The zero-order valence-electron chi connectivity index (χ0n) is 13.7. The van der Waals surface area contributed by atoms with Crippen molar-refractivity contribution >= 4 is 21.6 Å². The lowest BCUT2D eigenvalue weighted by Crippen LogP contribution is -2.40. The van der Waals surface area contributed by atoms with E-state index in [-0.39, 0.29) is 28.7 Å². The van der Waals surface area contributed by atoms with Crippen molar-refractivity contribution in [1.29, 1.82) is 0 Å². The minimum Gasteiger partial charge on any atom is -0.299 e. The van der Waals surface area contributed by atoms with E-state index in [2.05, 4.69) is 10.1 Å². The van der Waals surface area contributed by atoms with Crippen LogP contribution in [0.2, 0.25) is 5.15 Å². The SMILES string of the molecule is CCn1cnc2c(c1=O)CCN(S(=O)(=O)c1c(C)nn(C)c1Cl)C2. The Morgan fingerprint density at radius 1 is 1.38 bits per heavy atom. The van der Waals surface area contributed by atoms with E-state index in [1.54, 1.807) is 14.0 Å². The average Bonchev–Trinajstić information content (AvgIpc) is 2.80. The molecule has 0 fully saturated rings. The molecule has 0 aliphatic carbocycles. The van der Waals surface area contributed by atoms with E-state index in [0.717, 1.165) is 0 Å². The van der Waals surface area contributed by atoms with Crippen LogP contribution in [-0.4, -0.2) is 38.6 Å². The molecule has 0 spiro atoms. The highest BCUT2D eigenvalue weighted by Crippen LogP contribution is 2.29. The van der Waals surface area contributed by atoms with Crippen LogP contribution in [0.15, 0.2) is 16.0 Å². The number of nitrogens with zero attached hydrogens (tertiary/aromatic N) is 5. The molecule has 0 N–H and O–H groups in total. The van der Waals surface area contributed by atoms with Gasteiger partial charge in [-0.05, 0) is 20.3 Å². The molecule has 24 heavy (non-hydrogen) atoms. The second kappa shape index (κ2) is 5.98. The van der Waals surface area contributed by atoms with Crippen LogP contribution in [0.5, 0.6) is 0 Å². The van der Waals surface area contributed by atoms with Gasteiger partial charge in [0.25, 0.3) is 5.56 Å². The number of fused-ring (bicyclic) bond motifs is 1. The Morgan fingerprint density at radius 3 is 2.67 bits per heavy atom. The summed E-state index contributed by atoms with van der Waals surface area (Å²) in [6, 6.07) is 0. The second-order valence-corrected chi connectivity index (χ2v) is 7.91. The maximum Gasteiger partial charge on any atom is 0.256 e. The van der Waals surface area contributed by atoms with Crippen molar-refractivity contribution in [3.8, 4) is 0 Å². The highest BCUT2D eigenvalue weighted by atomic mass is 35.5. The predicted molar refractivity (Wildman–Crippen MR) is 88.4 cm³/mol. The van der Waals surface area contributed by atoms with Gasteiger partial charge in [-0.15, -0.1) is 0 Å². The predicted octanol–water partition coefficient (Wildman–Crippen LogP) is 0.706. The Labute approximate surface area is 144 Å². The van der Waals surface area contributed by atoms with Crippen LogP contribution in [0, 0.1) is 6.92 Å². The lowest BCUT2D eigenvalue weighted by atomic mass is 10.1. The molecule has 1 aliphatic heterocycles. The topological polar surface area (TPSA) is 90.1 Å². The fourth-order valence-electron chi connectivity index (χ4n) is 2.90. The van der Waals surface area contributed by atoms with Crippen LogP contribution in [0.3, 0.4) is 0 Å². The summed E-state index contributed by atoms with van der Waals surface area (Å²) in [5.74, 6) is 0. The van der Waals surface area contributed by atoms with Crippen LogP contribution in [0.1, 0.15) is 23.9 Å². The molecule has 2 aromatic rings. The van der Waals surface area contributed by atoms with E-state index in [1.807, 2.05) is 6.92 Å². The van der Waals surface area contributed by atoms with E-state index >= 15 is 0 Å². The van der Waals surface area contributed by atoms with Gasteiger partial charge >= 0.3 is 0 Å². The highest BCUT2D eigenvalue weighted by Gasteiger charge is 2.34. The first kappa shape index (κ1) is 17.1. The number of sulfonamides is 1. The molecule has 3 rings (SSSR count). The number of rotatable bonds is 3. The van der Waals surface area contributed by atoms with Gasteiger partial charge in [0.1, 0.15) is 10.0 Å².